The Labute approximate surface area is 128 Å². The van der Waals surface area contributed by atoms with Gasteiger partial charge in [-0.2, -0.15) is 8.42 Å². The van der Waals surface area contributed by atoms with Gasteiger partial charge in [0.25, 0.3) is 10.1 Å². The van der Waals surface area contributed by atoms with Crippen LogP contribution in [0.4, 0.5) is 0 Å². The minimum absolute atomic E-state index is 0.0669. The standard InChI is InChI=1S/C14H14O6S2/c15-13-8-21(16,17)9-14(13)20-22(18,19)12-6-5-10-3-1-2-4-11(10)7-12/h1-7,13-15H,8-9H2/t13-,14-/m1/s1. The molecule has 1 aliphatic rings. The van der Waals surface area contributed by atoms with Crippen LogP contribution in [0, 0.1) is 0 Å². The number of aliphatic hydroxyl groups is 1. The predicted molar refractivity (Wildman–Crippen MR) is 80.7 cm³/mol. The van der Waals surface area contributed by atoms with Gasteiger partial charge in [0.15, 0.2) is 9.84 Å². The van der Waals surface area contributed by atoms with Crippen molar-refractivity contribution in [1.82, 2.24) is 0 Å². The van der Waals surface area contributed by atoms with Gasteiger partial charge in [-0.25, -0.2) is 8.42 Å². The first-order chi connectivity index (χ1) is 10.3. The smallest absolute Gasteiger partial charge is 0.297 e. The highest BCUT2D eigenvalue weighted by Gasteiger charge is 2.40. The normalized spacial score (nSPS) is 24.6. The first-order valence-electron chi connectivity index (χ1n) is 6.57. The summed E-state index contributed by atoms with van der Waals surface area (Å²) in [6.07, 6.45) is -2.60. The van der Waals surface area contributed by atoms with Gasteiger partial charge in [-0.1, -0.05) is 30.3 Å². The molecule has 1 saturated heterocycles. The van der Waals surface area contributed by atoms with Crippen molar-refractivity contribution in [3.8, 4) is 0 Å². The number of rotatable bonds is 3. The molecule has 0 unspecified atom stereocenters. The summed E-state index contributed by atoms with van der Waals surface area (Å²) in [4.78, 5) is -0.0669. The molecule has 1 N–H and O–H groups in total. The van der Waals surface area contributed by atoms with Gasteiger partial charge in [0, 0.05) is 0 Å². The fourth-order valence-electron chi connectivity index (χ4n) is 2.43. The second kappa shape index (κ2) is 5.31. The van der Waals surface area contributed by atoms with Crippen LogP contribution in [0.3, 0.4) is 0 Å². The van der Waals surface area contributed by atoms with E-state index in [-0.39, 0.29) is 4.90 Å². The highest BCUT2D eigenvalue weighted by atomic mass is 32.2. The van der Waals surface area contributed by atoms with E-state index < -0.39 is 43.7 Å². The van der Waals surface area contributed by atoms with E-state index in [1.165, 1.54) is 12.1 Å². The maximum Gasteiger partial charge on any atom is 0.297 e. The zero-order valence-electron chi connectivity index (χ0n) is 11.4. The van der Waals surface area contributed by atoms with Gasteiger partial charge < -0.3 is 5.11 Å². The molecule has 0 radical (unpaired) electrons. The third-order valence-corrected chi connectivity index (χ3v) is 6.55. The number of aliphatic hydroxyl groups excluding tert-OH is 1. The van der Waals surface area contributed by atoms with E-state index in [2.05, 4.69) is 0 Å². The van der Waals surface area contributed by atoms with Gasteiger partial charge in [-0.05, 0) is 22.9 Å². The van der Waals surface area contributed by atoms with Crippen LogP contribution in [0.5, 0.6) is 0 Å². The van der Waals surface area contributed by atoms with Crippen molar-refractivity contribution < 1.29 is 26.1 Å². The fraction of sp³-hybridized carbons (Fsp3) is 0.286. The molecule has 2 atom stereocenters. The Hall–Kier alpha value is -1.48. The Bertz CT molecular complexity index is 917. The van der Waals surface area contributed by atoms with Gasteiger partial charge in [-0.3, -0.25) is 4.18 Å². The van der Waals surface area contributed by atoms with E-state index in [1.54, 1.807) is 18.2 Å². The fourth-order valence-corrected chi connectivity index (χ4v) is 5.32. The molecule has 1 aliphatic heterocycles. The van der Waals surface area contributed by atoms with Crippen molar-refractivity contribution >= 4 is 30.7 Å². The molecule has 0 amide bonds. The van der Waals surface area contributed by atoms with E-state index >= 15 is 0 Å². The highest BCUT2D eigenvalue weighted by molar-refractivity contribution is 7.91. The Morgan fingerprint density at radius 3 is 2.36 bits per heavy atom. The lowest BCUT2D eigenvalue weighted by Gasteiger charge is -2.14. The molecule has 22 heavy (non-hydrogen) atoms. The third kappa shape index (κ3) is 3.00. The summed E-state index contributed by atoms with van der Waals surface area (Å²) in [6.45, 7) is 0. The summed E-state index contributed by atoms with van der Waals surface area (Å²) in [6, 6.07) is 11.7. The van der Waals surface area contributed by atoms with Crippen LogP contribution in [0.2, 0.25) is 0 Å². The van der Waals surface area contributed by atoms with Crippen molar-refractivity contribution in [2.45, 2.75) is 17.1 Å². The minimum Gasteiger partial charge on any atom is -0.389 e. The van der Waals surface area contributed by atoms with E-state index in [4.69, 9.17) is 4.18 Å². The second-order valence-corrected chi connectivity index (χ2v) is 8.97. The summed E-state index contributed by atoms with van der Waals surface area (Å²) in [5.74, 6) is -0.980. The average molecular weight is 342 g/mol. The van der Waals surface area contributed by atoms with Crippen LogP contribution in [0.1, 0.15) is 0 Å². The highest BCUT2D eigenvalue weighted by Crippen LogP contribution is 2.24. The largest absolute Gasteiger partial charge is 0.389 e. The molecule has 0 aliphatic carbocycles. The zero-order valence-corrected chi connectivity index (χ0v) is 13.0. The molecule has 1 heterocycles. The van der Waals surface area contributed by atoms with Crippen LogP contribution in [0.15, 0.2) is 47.4 Å². The molecule has 2 aromatic rings. The van der Waals surface area contributed by atoms with Gasteiger partial charge in [0.1, 0.15) is 6.10 Å². The quantitative estimate of drug-likeness (QED) is 0.825. The van der Waals surface area contributed by atoms with Crippen molar-refractivity contribution in [3.63, 3.8) is 0 Å². The molecule has 0 bridgehead atoms. The van der Waals surface area contributed by atoms with Crippen LogP contribution >= 0.6 is 0 Å². The van der Waals surface area contributed by atoms with Crippen molar-refractivity contribution in [2.75, 3.05) is 11.5 Å². The summed E-state index contributed by atoms with van der Waals surface area (Å²) >= 11 is 0. The van der Waals surface area contributed by atoms with Crippen molar-refractivity contribution in [1.29, 1.82) is 0 Å². The van der Waals surface area contributed by atoms with Crippen LogP contribution in [0.25, 0.3) is 10.8 Å². The molecule has 6 nitrogen and oxygen atoms in total. The molecule has 0 spiro atoms. The van der Waals surface area contributed by atoms with Crippen molar-refractivity contribution in [2.24, 2.45) is 0 Å². The van der Waals surface area contributed by atoms with E-state index in [1.807, 2.05) is 12.1 Å². The monoisotopic (exact) mass is 342 g/mol. The Balaban J connectivity index is 1.92. The molecule has 0 saturated carbocycles. The molecule has 0 aromatic heterocycles. The van der Waals surface area contributed by atoms with Crippen molar-refractivity contribution in [3.05, 3.63) is 42.5 Å². The number of fused-ring (bicyclic) bond motifs is 1. The zero-order chi connectivity index (χ0) is 16.0. The molecular formula is C14H14O6S2. The van der Waals surface area contributed by atoms with Crippen LogP contribution in [-0.4, -0.2) is 45.7 Å². The van der Waals surface area contributed by atoms with E-state index in [9.17, 15) is 21.9 Å². The topological polar surface area (TPSA) is 97.7 Å². The summed E-state index contributed by atoms with van der Waals surface area (Å²) < 4.78 is 52.3. The Kier molecular flexibility index (Phi) is 3.72. The SMILES string of the molecule is O=S1(=O)C[C@@H](O)[C@H](OS(=O)(=O)c2ccc3ccccc3c2)C1. The number of benzene rings is 2. The van der Waals surface area contributed by atoms with Gasteiger partial charge in [0.2, 0.25) is 0 Å². The summed E-state index contributed by atoms with van der Waals surface area (Å²) in [7, 11) is -7.62. The van der Waals surface area contributed by atoms with Gasteiger partial charge >= 0.3 is 0 Å². The van der Waals surface area contributed by atoms with E-state index in [0.29, 0.717) is 0 Å². The molecular weight excluding hydrogens is 328 g/mol. The Morgan fingerprint density at radius 1 is 1.05 bits per heavy atom. The van der Waals surface area contributed by atoms with Crippen LogP contribution < -0.4 is 0 Å². The maximum atomic E-state index is 12.3. The lowest BCUT2D eigenvalue weighted by molar-refractivity contribution is 0.0780. The summed E-state index contributed by atoms with van der Waals surface area (Å²) in [5, 5.41) is 11.2. The first kappa shape index (κ1) is 15.4. The first-order valence-corrected chi connectivity index (χ1v) is 9.80. The van der Waals surface area contributed by atoms with Gasteiger partial charge in [0.05, 0.1) is 22.5 Å². The minimum atomic E-state index is -4.14. The average Bonchev–Trinajstić information content (AvgIpc) is 2.70. The third-order valence-electron chi connectivity index (χ3n) is 3.53. The molecule has 8 heteroatoms. The molecule has 118 valence electrons. The van der Waals surface area contributed by atoms with Gasteiger partial charge in [-0.15, -0.1) is 0 Å². The number of hydrogen-bond donors (Lipinski definition) is 1. The predicted octanol–water partition coefficient (Wildman–Crippen LogP) is 0.703. The molecule has 2 aromatic carbocycles. The lowest BCUT2D eigenvalue weighted by Crippen LogP contribution is -2.29. The summed E-state index contributed by atoms with van der Waals surface area (Å²) in [5.41, 5.74) is 0. The number of sulfone groups is 1. The lowest BCUT2D eigenvalue weighted by atomic mass is 10.1. The maximum absolute atomic E-state index is 12.3. The molecule has 1 fully saturated rings. The molecule has 3 rings (SSSR count). The second-order valence-electron chi connectivity index (χ2n) is 5.24. The number of hydrogen-bond acceptors (Lipinski definition) is 6. The Morgan fingerprint density at radius 2 is 1.73 bits per heavy atom. The van der Waals surface area contributed by atoms with Crippen LogP contribution in [-0.2, 0) is 24.1 Å². The van der Waals surface area contributed by atoms with E-state index in [0.717, 1.165) is 10.8 Å².